The molecule has 0 bridgehead atoms. The summed E-state index contributed by atoms with van der Waals surface area (Å²) in [4.78, 5) is 16.3. The van der Waals surface area contributed by atoms with Crippen molar-refractivity contribution >= 4 is 22.3 Å². The number of rotatable bonds is 9. The normalized spacial score (nSPS) is 24.3. The average molecular weight is 668 g/mol. The minimum Gasteiger partial charge on any atom is -0.467 e. The molecule has 0 saturated carbocycles. The van der Waals surface area contributed by atoms with E-state index in [1.165, 1.54) is 6.07 Å². The minimum absolute atomic E-state index is 0.0840. The predicted octanol–water partition coefficient (Wildman–Crippen LogP) is 6.00. The van der Waals surface area contributed by atoms with Gasteiger partial charge in [-0.25, -0.2) is 4.39 Å². The molecule has 1 N–H and O–H groups in total. The van der Waals surface area contributed by atoms with E-state index >= 15 is 4.39 Å². The van der Waals surface area contributed by atoms with Gasteiger partial charge in [-0.15, -0.1) is 0 Å². The Kier molecular flexibility index (Phi) is 8.93. The van der Waals surface area contributed by atoms with Gasteiger partial charge in [0, 0.05) is 61.6 Å². The Morgan fingerprint density at radius 3 is 2.62 bits per heavy atom. The summed E-state index contributed by atoms with van der Waals surface area (Å²) in [5.74, 6) is 1.13. The van der Waals surface area contributed by atoms with E-state index in [9.17, 15) is 13.9 Å². The molecule has 4 aliphatic heterocycles. The second-order valence-electron chi connectivity index (χ2n) is 14.0. The number of aryl methyl sites for hydroxylation is 1. The van der Waals surface area contributed by atoms with Gasteiger partial charge in [0.05, 0.1) is 23.4 Å². The SMILES string of the molecule is CCc1c(F)ccc2cc(OCOC)cc(N3CCc4c(nc(OCC56CCCN5CC(=C(F)F)C6)nc4N4CCC[C@@](C)(O)C4)C3)c12. The molecule has 3 saturated heterocycles. The van der Waals surface area contributed by atoms with E-state index < -0.39 is 17.2 Å². The number of aromatic nitrogens is 2. The molecule has 3 aromatic rings. The Hall–Kier alpha value is -3.61. The Morgan fingerprint density at radius 2 is 1.85 bits per heavy atom. The van der Waals surface area contributed by atoms with Gasteiger partial charge in [0.1, 0.15) is 24.0 Å². The number of piperidine rings is 1. The molecule has 9 nitrogen and oxygen atoms in total. The highest BCUT2D eigenvalue weighted by Crippen LogP contribution is 2.44. The lowest BCUT2D eigenvalue weighted by Crippen LogP contribution is -2.47. The van der Waals surface area contributed by atoms with Crippen LogP contribution in [0.15, 0.2) is 35.9 Å². The number of aliphatic hydroxyl groups is 1. The summed E-state index contributed by atoms with van der Waals surface area (Å²) in [6, 6.07) is 7.34. The van der Waals surface area contributed by atoms with Crippen LogP contribution in [0.5, 0.6) is 11.8 Å². The molecule has 258 valence electrons. The minimum atomic E-state index is -1.59. The second kappa shape index (κ2) is 13.0. The number of hydrogen-bond acceptors (Lipinski definition) is 9. The van der Waals surface area contributed by atoms with Crippen LogP contribution < -0.4 is 19.3 Å². The van der Waals surface area contributed by atoms with Gasteiger partial charge < -0.3 is 29.1 Å². The summed E-state index contributed by atoms with van der Waals surface area (Å²) in [6.45, 7) is 7.36. The first-order chi connectivity index (χ1) is 23.1. The van der Waals surface area contributed by atoms with E-state index in [1.807, 2.05) is 26.0 Å². The first-order valence-corrected chi connectivity index (χ1v) is 17.0. The average Bonchev–Trinajstić information content (AvgIpc) is 3.63. The highest BCUT2D eigenvalue weighted by atomic mass is 19.3. The molecule has 5 heterocycles. The van der Waals surface area contributed by atoms with E-state index in [1.54, 1.807) is 13.2 Å². The van der Waals surface area contributed by atoms with Crippen LogP contribution in [0.25, 0.3) is 10.8 Å². The summed E-state index contributed by atoms with van der Waals surface area (Å²) in [5, 5.41) is 12.7. The first kappa shape index (κ1) is 32.9. The van der Waals surface area contributed by atoms with Gasteiger partial charge in [0.2, 0.25) is 0 Å². The van der Waals surface area contributed by atoms with Crippen molar-refractivity contribution in [2.45, 2.75) is 76.5 Å². The van der Waals surface area contributed by atoms with Crippen molar-refractivity contribution in [1.82, 2.24) is 14.9 Å². The largest absolute Gasteiger partial charge is 0.467 e. The van der Waals surface area contributed by atoms with Gasteiger partial charge in [-0.05, 0) is 81.5 Å². The maximum Gasteiger partial charge on any atom is 0.318 e. The molecule has 12 heteroatoms. The quantitative estimate of drug-likeness (QED) is 0.277. The standard InChI is InChI=1S/C36H44F3N5O4/c1-4-26-28(37)8-7-23-15-25(48-22-46-3)16-30(31(23)26)42-14-9-27-29(19-42)40-34(41-33(27)43-12-5-10-35(2,45)20-43)47-21-36-11-6-13-44(36)18-24(17-36)32(38)39/h7-8,15-16,45H,4-6,9-14,17-22H2,1-3H3/t35-,36?/m1/s1. The van der Waals surface area contributed by atoms with Gasteiger partial charge >= 0.3 is 6.01 Å². The maximum absolute atomic E-state index is 15.2. The molecule has 1 aromatic heterocycles. The smallest absolute Gasteiger partial charge is 0.318 e. The summed E-state index contributed by atoms with van der Waals surface area (Å²) in [5.41, 5.74) is 2.12. The molecule has 0 aliphatic carbocycles. The monoisotopic (exact) mass is 667 g/mol. The Labute approximate surface area is 279 Å². The highest BCUT2D eigenvalue weighted by Gasteiger charge is 2.48. The van der Waals surface area contributed by atoms with Crippen molar-refractivity contribution in [2.75, 3.05) is 63.0 Å². The van der Waals surface area contributed by atoms with Crippen LogP contribution in [0.4, 0.5) is 24.7 Å². The molecule has 3 fully saturated rings. The third kappa shape index (κ3) is 6.18. The Bertz CT molecular complexity index is 1730. The van der Waals surface area contributed by atoms with Crippen LogP contribution in [-0.2, 0) is 24.1 Å². The molecule has 48 heavy (non-hydrogen) atoms. The zero-order valence-corrected chi connectivity index (χ0v) is 28.0. The number of nitrogens with zero attached hydrogens (tertiary/aromatic N) is 5. The van der Waals surface area contributed by atoms with Crippen LogP contribution in [0.2, 0.25) is 0 Å². The van der Waals surface area contributed by atoms with Crippen molar-refractivity contribution < 1.29 is 32.5 Å². The van der Waals surface area contributed by atoms with Crippen LogP contribution in [0.1, 0.15) is 62.8 Å². The van der Waals surface area contributed by atoms with Crippen LogP contribution in [-0.4, -0.2) is 84.3 Å². The number of β-amino-alcohol motifs (C(OH)–C–C–N with tert-alkyl or cyclic N) is 1. The first-order valence-electron chi connectivity index (χ1n) is 17.0. The molecule has 0 amide bonds. The van der Waals surface area contributed by atoms with Crippen molar-refractivity contribution in [3.8, 4) is 11.8 Å². The van der Waals surface area contributed by atoms with Gasteiger partial charge in [-0.3, -0.25) is 4.90 Å². The topological polar surface area (TPSA) is 83.4 Å². The third-order valence-corrected chi connectivity index (χ3v) is 10.6. The van der Waals surface area contributed by atoms with Crippen molar-refractivity contribution in [2.24, 2.45) is 0 Å². The molecule has 7 rings (SSSR count). The number of anilines is 2. The predicted molar refractivity (Wildman–Crippen MR) is 178 cm³/mol. The highest BCUT2D eigenvalue weighted by molar-refractivity contribution is 5.98. The van der Waals surface area contributed by atoms with Gasteiger partial charge in [-0.2, -0.15) is 18.7 Å². The molecule has 2 atom stereocenters. The van der Waals surface area contributed by atoms with Crippen LogP contribution in [0, 0.1) is 5.82 Å². The zero-order valence-electron chi connectivity index (χ0n) is 28.0. The summed E-state index contributed by atoms with van der Waals surface area (Å²) >= 11 is 0. The second-order valence-corrected chi connectivity index (χ2v) is 14.0. The van der Waals surface area contributed by atoms with E-state index in [0.717, 1.165) is 65.9 Å². The molecule has 0 spiro atoms. The number of fused-ring (bicyclic) bond motifs is 3. The van der Waals surface area contributed by atoms with E-state index in [-0.39, 0.29) is 43.8 Å². The summed E-state index contributed by atoms with van der Waals surface area (Å²) < 4.78 is 59.9. The fourth-order valence-electron chi connectivity index (χ4n) is 8.26. The Balaban J connectivity index is 1.26. The third-order valence-electron chi connectivity index (χ3n) is 10.6. The van der Waals surface area contributed by atoms with Crippen molar-refractivity contribution in [1.29, 1.82) is 0 Å². The lowest BCUT2D eigenvalue weighted by molar-refractivity contribution is 0.0445. The van der Waals surface area contributed by atoms with Crippen LogP contribution >= 0.6 is 0 Å². The molecule has 1 unspecified atom stereocenters. The molecule has 2 aromatic carbocycles. The molecule has 0 radical (unpaired) electrons. The molecule has 4 aliphatic rings. The number of hydrogen-bond donors (Lipinski definition) is 1. The fraction of sp³-hybridized carbons (Fsp3) is 0.556. The van der Waals surface area contributed by atoms with Crippen LogP contribution in [0.3, 0.4) is 0 Å². The number of ether oxygens (including phenoxy) is 3. The maximum atomic E-state index is 15.2. The fourth-order valence-corrected chi connectivity index (χ4v) is 8.26. The van der Waals surface area contributed by atoms with Gasteiger partial charge in [-0.1, -0.05) is 13.0 Å². The van der Waals surface area contributed by atoms with Gasteiger partial charge in [0.25, 0.3) is 6.08 Å². The number of halogens is 3. The summed E-state index contributed by atoms with van der Waals surface area (Å²) in [7, 11) is 1.57. The van der Waals surface area contributed by atoms with Crippen molar-refractivity contribution in [3.05, 3.63) is 58.6 Å². The molecular weight excluding hydrogens is 623 g/mol. The van der Waals surface area contributed by atoms with E-state index in [2.05, 4.69) is 14.7 Å². The lowest BCUT2D eigenvalue weighted by atomic mass is 9.93. The van der Waals surface area contributed by atoms with Gasteiger partial charge in [0.15, 0.2) is 6.79 Å². The molecular formula is C36H44F3N5O4. The Morgan fingerprint density at radius 1 is 1.02 bits per heavy atom. The zero-order chi connectivity index (χ0) is 33.6. The van der Waals surface area contributed by atoms with E-state index in [4.69, 9.17) is 24.2 Å². The van der Waals surface area contributed by atoms with E-state index in [0.29, 0.717) is 50.2 Å². The lowest BCUT2D eigenvalue weighted by Gasteiger charge is -2.40. The summed E-state index contributed by atoms with van der Waals surface area (Å²) in [6.07, 6.45) is 3.08. The van der Waals surface area contributed by atoms with Crippen molar-refractivity contribution in [3.63, 3.8) is 0 Å². The number of benzene rings is 2. The number of methoxy groups -OCH3 is 1.